The van der Waals surface area contributed by atoms with Crippen LogP contribution in [0, 0.1) is 5.92 Å². The van der Waals surface area contributed by atoms with Crippen LogP contribution in [0.5, 0.6) is 0 Å². The van der Waals surface area contributed by atoms with Gasteiger partial charge in [0.2, 0.25) is 6.10 Å². The largest absolute Gasteiger partial charge is 0.466 e. The van der Waals surface area contributed by atoms with E-state index in [0.29, 0.717) is 0 Å². The quantitative estimate of drug-likeness (QED) is 0.294. The zero-order valence-electron chi connectivity index (χ0n) is 10.8. The molecule has 0 bridgehead atoms. The molecule has 1 fully saturated rings. The molecule has 3 unspecified atom stereocenters. The maximum atomic E-state index is 12.4. The van der Waals surface area contributed by atoms with Crippen LogP contribution in [0.3, 0.4) is 0 Å². The van der Waals surface area contributed by atoms with Gasteiger partial charge in [-0.1, -0.05) is 22.6 Å². The zero-order valence-corrected chi connectivity index (χ0v) is 13.0. The number of ether oxygens (including phenoxy) is 2. The van der Waals surface area contributed by atoms with Crippen LogP contribution in [0.25, 0.3) is 0 Å². The molecular weight excluding hydrogens is 421 g/mol. The van der Waals surface area contributed by atoms with E-state index in [2.05, 4.69) is 4.74 Å². The van der Waals surface area contributed by atoms with E-state index in [9.17, 15) is 31.1 Å². The van der Waals surface area contributed by atoms with Gasteiger partial charge in [-0.3, -0.25) is 4.79 Å². The highest BCUT2D eigenvalue weighted by Crippen LogP contribution is 2.41. The van der Waals surface area contributed by atoms with Crippen molar-refractivity contribution >= 4 is 28.6 Å². The van der Waals surface area contributed by atoms with Gasteiger partial charge in [0.1, 0.15) is 0 Å². The third-order valence-corrected chi connectivity index (χ3v) is 4.27. The van der Waals surface area contributed by atoms with Crippen molar-refractivity contribution in [2.24, 2.45) is 5.92 Å². The minimum absolute atomic E-state index is 0.0977. The van der Waals surface area contributed by atoms with Gasteiger partial charge in [-0.2, -0.15) is 26.3 Å². The molecule has 124 valence electrons. The Morgan fingerprint density at radius 2 is 1.71 bits per heavy atom. The summed E-state index contributed by atoms with van der Waals surface area (Å²) >= 11 is 1.69. The summed E-state index contributed by atoms with van der Waals surface area (Å²) in [5.74, 6) is -1.36. The highest BCUT2D eigenvalue weighted by molar-refractivity contribution is 14.1. The summed E-state index contributed by atoms with van der Waals surface area (Å²) in [6.07, 6.45) is -16.3. The SMILES string of the molecule is CCOC(=O)C1CC(I)C(OC(C(F)(F)F)C(F)(F)F)C1. The molecule has 3 nitrogen and oxygen atoms in total. The molecule has 0 N–H and O–H groups in total. The number of carbonyl (C=O) groups excluding carboxylic acids is 1. The molecule has 0 aromatic carbocycles. The van der Waals surface area contributed by atoms with Crippen molar-refractivity contribution < 1.29 is 40.6 Å². The molecule has 10 heteroatoms. The summed E-state index contributed by atoms with van der Waals surface area (Å²) in [5.41, 5.74) is 0. The fourth-order valence-corrected chi connectivity index (χ4v) is 3.13. The van der Waals surface area contributed by atoms with Gasteiger partial charge < -0.3 is 9.47 Å². The minimum atomic E-state index is -5.55. The Hall–Kier alpha value is -0.260. The number of hydrogen-bond donors (Lipinski definition) is 0. The third-order valence-electron chi connectivity index (χ3n) is 2.96. The molecule has 3 atom stereocenters. The van der Waals surface area contributed by atoms with E-state index in [1.54, 1.807) is 29.5 Å². The van der Waals surface area contributed by atoms with Crippen LogP contribution >= 0.6 is 22.6 Å². The second-order valence-electron chi connectivity index (χ2n) is 4.57. The van der Waals surface area contributed by atoms with Gasteiger partial charge in [-0.15, -0.1) is 0 Å². The van der Waals surface area contributed by atoms with Crippen molar-refractivity contribution in [3.63, 3.8) is 0 Å². The van der Waals surface area contributed by atoms with E-state index in [1.165, 1.54) is 0 Å². The number of hydrogen-bond acceptors (Lipinski definition) is 3. The molecule has 0 heterocycles. The lowest BCUT2D eigenvalue weighted by Gasteiger charge is -2.27. The van der Waals surface area contributed by atoms with Gasteiger partial charge >= 0.3 is 18.3 Å². The molecule has 1 rings (SSSR count). The van der Waals surface area contributed by atoms with Crippen LogP contribution in [0.2, 0.25) is 0 Å². The second-order valence-corrected chi connectivity index (χ2v) is 6.17. The Bertz CT molecular complexity index is 356. The predicted octanol–water partition coefficient (Wildman–Crippen LogP) is 3.64. The Labute approximate surface area is 130 Å². The topological polar surface area (TPSA) is 35.5 Å². The van der Waals surface area contributed by atoms with Crippen LogP contribution in [0.15, 0.2) is 0 Å². The lowest BCUT2D eigenvalue weighted by Crippen LogP contribution is -2.47. The van der Waals surface area contributed by atoms with Gasteiger partial charge in [0.15, 0.2) is 0 Å². The van der Waals surface area contributed by atoms with E-state index < -0.39 is 40.4 Å². The molecule has 1 aliphatic rings. The predicted molar refractivity (Wildman–Crippen MR) is 67.9 cm³/mol. The van der Waals surface area contributed by atoms with Crippen LogP contribution in [-0.4, -0.2) is 41.1 Å². The first-order valence-corrected chi connectivity index (χ1v) is 7.31. The molecular formula is C11H13F6IO3. The normalized spacial score (nSPS) is 27.2. The molecule has 0 saturated heterocycles. The van der Waals surface area contributed by atoms with Crippen LogP contribution < -0.4 is 0 Å². The van der Waals surface area contributed by atoms with Crippen molar-refractivity contribution in [3.05, 3.63) is 0 Å². The Kier molecular flexibility index (Phi) is 6.16. The van der Waals surface area contributed by atoms with Gasteiger partial charge in [0.05, 0.1) is 18.6 Å². The summed E-state index contributed by atoms with van der Waals surface area (Å²) in [4.78, 5) is 11.5. The van der Waals surface area contributed by atoms with Crippen molar-refractivity contribution in [1.82, 2.24) is 0 Å². The molecule has 0 spiro atoms. The molecule has 0 amide bonds. The molecule has 1 saturated carbocycles. The van der Waals surface area contributed by atoms with Crippen LogP contribution in [-0.2, 0) is 14.3 Å². The van der Waals surface area contributed by atoms with E-state index in [4.69, 9.17) is 4.74 Å². The number of esters is 1. The Morgan fingerprint density at radius 3 is 2.14 bits per heavy atom. The van der Waals surface area contributed by atoms with Crippen molar-refractivity contribution in [1.29, 1.82) is 0 Å². The maximum Gasteiger partial charge on any atom is 0.423 e. The standard InChI is InChI=1S/C11H13F6IO3/c1-2-20-8(19)5-3-6(18)7(4-5)21-9(10(12,13)14)11(15,16)17/h5-7,9H,2-4H2,1H3. The summed E-state index contributed by atoms with van der Waals surface area (Å²) in [6.45, 7) is 1.66. The number of rotatable bonds is 4. The third kappa shape index (κ3) is 5.15. The van der Waals surface area contributed by atoms with E-state index in [-0.39, 0.29) is 19.4 Å². The number of alkyl halides is 7. The average molecular weight is 434 g/mol. The van der Waals surface area contributed by atoms with Crippen LogP contribution in [0.1, 0.15) is 19.8 Å². The summed E-state index contributed by atoms with van der Waals surface area (Å²) < 4.78 is 82.9. The van der Waals surface area contributed by atoms with Crippen molar-refractivity contribution in [2.45, 2.75) is 48.3 Å². The first kappa shape index (κ1) is 18.8. The molecule has 0 aromatic rings. The lowest BCUT2D eigenvalue weighted by molar-refractivity contribution is -0.330. The lowest BCUT2D eigenvalue weighted by atomic mass is 10.1. The Morgan fingerprint density at radius 1 is 1.19 bits per heavy atom. The average Bonchev–Trinajstić information content (AvgIpc) is 2.65. The molecule has 21 heavy (non-hydrogen) atoms. The van der Waals surface area contributed by atoms with Crippen molar-refractivity contribution in [2.75, 3.05) is 6.61 Å². The van der Waals surface area contributed by atoms with Gasteiger partial charge in [0, 0.05) is 3.92 Å². The summed E-state index contributed by atoms with van der Waals surface area (Å²) in [6, 6.07) is 0. The van der Waals surface area contributed by atoms with Crippen LogP contribution in [0.4, 0.5) is 26.3 Å². The van der Waals surface area contributed by atoms with Gasteiger partial charge in [-0.25, -0.2) is 0 Å². The first-order valence-electron chi connectivity index (χ1n) is 6.06. The Balaban J connectivity index is 2.75. The monoisotopic (exact) mass is 434 g/mol. The number of carbonyl (C=O) groups is 1. The fourth-order valence-electron chi connectivity index (χ4n) is 2.06. The maximum absolute atomic E-state index is 12.4. The van der Waals surface area contributed by atoms with Gasteiger partial charge in [0.25, 0.3) is 0 Å². The number of halogens is 7. The van der Waals surface area contributed by atoms with E-state index >= 15 is 0 Å². The molecule has 0 radical (unpaired) electrons. The molecule has 0 aromatic heterocycles. The molecule has 0 aliphatic heterocycles. The van der Waals surface area contributed by atoms with Crippen molar-refractivity contribution in [3.8, 4) is 0 Å². The second kappa shape index (κ2) is 6.88. The van der Waals surface area contributed by atoms with E-state index in [1.807, 2.05) is 0 Å². The molecule has 1 aliphatic carbocycles. The smallest absolute Gasteiger partial charge is 0.423 e. The van der Waals surface area contributed by atoms with Gasteiger partial charge in [-0.05, 0) is 19.8 Å². The summed E-state index contributed by atoms with van der Waals surface area (Å²) in [7, 11) is 0. The fraction of sp³-hybridized carbons (Fsp3) is 0.909. The summed E-state index contributed by atoms with van der Waals surface area (Å²) in [5, 5.41) is 0. The zero-order chi connectivity index (χ0) is 16.4. The minimum Gasteiger partial charge on any atom is -0.466 e. The first-order chi connectivity index (χ1) is 9.46. The highest BCUT2D eigenvalue weighted by Gasteiger charge is 2.59. The highest BCUT2D eigenvalue weighted by atomic mass is 127. The van der Waals surface area contributed by atoms with E-state index in [0.717, 1.165) is 0 Å².